The summed E-state index contributed by atoms with van der Waals surface area (Å²) in [6, 6.07) is 12.8. The highest BCUT2D eigenvalue weighted by molar-refractivity contribution is 6.34. The number of amides is 1. The molecule has 0 bridgehead atoms. The summed E-state index contributed by atoms with van der Waals surface area (Å²) < 4.78 is 14.5. The Balaban J connectivity index is 0.000000178. The number of carbonyl (C=O) groups excluding carboxylic acids is 2. The summed E-state index contributed by atoms with van der Waals surface area (Å²) in [5, 5.41) is 39.2. The molecule has 6 aromatic heterocycles. The minimum Gasteiger partial charge on any atom is -0.464 e. The summed E-state index contributed by atoms with van der Waals surface area (Å²) in [6.45, 7) is 5.91. The summed E-state index contributed by atoms with van der Waals surface area (Å²) >= 11 is 12.4. The van der Waals surface area contributed by atoms with Gasteiger partial charge in [-0.3, -0.25) is 4.79 Å². The average Bonchev–Trinajstić information content (AvgIpc) is 3.39. The first-order valence-electron chi connectivity index (χ1n) is 24.7. The third kappa shape index (κ3) is 15.2. The normalized spacial score (nSPS) is 20.6. The molecule has 73 heavy (non-hydrogen) atoms. The number of hydrogen-bond acceptors (Lipinski definition) is 20. The number of aromatic nitrogens is 8. The van der Waals surface area contributed by atoms with E-state index in [4.69, 9.17) is 43.1 Å². The number of nitrogens with zero attached hydrogens (tertiary/aromatic N) is 8. The number of aliphatic hydroxyl groups excluding tert-OH is 2. The number of aliphatic hydroxyl groups is 2. The van der Waals surface area contributed by atoms with Crippen molar-refractivity contribution in [2.45, 2.75) is 94.7 Å². The number of hydrogen-bond donors (Lipinski definition) is 8. The van der Waals surface area contributed by atoms with Crippen LogP contribution in [0.25, 0.3) is 21.8 Å². The van der Waals surface area contributed by atoms with Gasteiger partial charge < -0.3 is 56.7 Å². The predicted octanol–water partition coefficient (Wildman–Crippen LogP) is 5.80. The average molecular weight is 1040 g/mol. The Kier molecular flexibility index (Phi) is 19.0. The van der Waals surface area contributed by atoms with E-state index in [9.17, 15) is 19.8 Å². The van der Waals surface area contributed by atoms with Gasteiger partial charge in [0.15, 0.2) is 22.5 Å². The number of halogens is 2. The van der Waals surface area contributed by atoms with Gasteiger partial charge in [-0.25, -0.2) is 44.7 Å². The van der Waals surface area contributed by atoms with Crippen molar-refractivity contribution in [3.63, 3.8) is 0 Å². The first-order chi connectivity index (χ1) is 35.5. The fraction of sp³-hybridized carbons (Fsp3) is 0.480. The molecule has 2 aliphatic heterocycles. The van der Waals surface area contributed by atoms with Crippen molar-refractivity contribution in [2.24, 2.45) is 17.6 Å². The maximum absolute atomic E-state index is 12.1. The van der Waals surface area contributed by atoms with Gasteiger partial charge in [0.1, 0.15) is 22.7 Å². The molecule has 8 heterocycles. The molecule has 388 valence electrons. The molecule has 2 unspecified atom stereocenters. The predicted molar refractivity (Wildman–Crippen MR) is 277 cm³/mol. The van der Waals surface area contributed by atoms with Crippen molar-refractivity contribution in [2.75, 3.05) is 67.4 Å². The van der Waals surface area contributed by atoms with Crippen molar-refractivity contribution in [1.82, 2.24) is 45.2 Å². The molecule has 4 aliphatic rings. The topological polar surface area (TPSA) is 292 Å². The Morgan fingerprint density at radius 2 is 1.08 bits per heavy atom. The zero-order valence-electron chi connectivity index (χ0n) is 40.5. The lowest BCUT2D eigenvalue weighted by Crippen LogP contribution is -2.50. The van der Waals surface area contributed by atoms with Crippen LogP contribution in [0.3, 0.4) is 0 Å². The number of fused-ring (bicyclic) bond motifs is 2. The molecule has 2 atom stereocenters. The smallest absolute Gasteiger partial charge is 0.339 e. The van der Waals surface area contributed by atoms with Crippen LogP contribution >= 0.6 is 23.2 Å². The molecular formula is C50H62Cl2N14O7. The van der Waals surface area contributed by atoms with E-state index in [1.54, 1.807) is 19.3 Å². The van der Waals surface area contributed by atoms with Gasteiger partial charge in [-0.1, -0.05) is 23.2 Å². The summed E-state index contributed by atoms with van der Waals surface area (Å²) in [6.07, 6.45) is 15.0. The van der Waals surface area contributed by atoms with Crippen molar-refractivity contribution in [3.8, 4) is 0 Å². The molecule has 0 spiro atoms. The van der Waals surface area contributed by atoms with E-state index >= 15 is 0 Å². The van der Waals surface area contributed by atoms with Crippen molar-refractivity contribution < 1.29 is 34.0 Å². The lowest BCUT2D eigenvalue weighted by atomic mass is 9.86. The first-order valence-corrected chi connectivity index (χ1v) is 25.4. The molecule has 2 aliphatic carbocycles. The Labute approximate surface area is 432 Å². The maximum atomic E-state index is 12.1. The fourth-order valence-corrected chi connectivity index (χ4v) is 9.02. The van der Waals surface area contributed by atoms with Gasteiger partial charge in [0.2, 0.25) is 11.9 Å². The van der Waals surface area contributed by atoms with E-state index in [2.05, 4.69) is 66.5 Å². The Bertz CT molecular complexity index is 2730. The number of pyridine rings is 4. The molecule has 0 radical (unpaired) electrons. The van der Waals surface area contributed by atoms with Gasteiger partial charge >= 0.3 is 5.97 Å². The highest BCUT2D eigenvalue weighted by atomic mass is 35.5. The second-order valence-corrected chi connectivity index (χ2v) is 19.2. The summed E-state index contributed by atoms with van der Waals surface area (Å²) in [5.74, 6) is 2.45. The summed E-state index contributed by atoms with van der Waals surface area (Å²) in [4.78, 5) is 58.1. The Hall–Kier alpha value is -6.20. The quantitative estimate of drug-likeness (QED) is 0.0420. The number of nitrogens with two attached hydrogens (primary N) is 1. The van der Waals surface area contributed by atoms with Crippen molar-refractivity contribution >= 4 is 80.4 Å². The summed E-state index contributed by atoms with van der Waals surface area (Å²) in [5.41, 5.74) is 7.35. The minimum absolute atomic E-state index is 0.0380. The van der Waals surface area contributed by atoms with E-state index < -0.39 is 24.1 Å². The van der Waals surface area contributed by atoms with E-state index in [0.29, 0.717) is 87.5 Å². The first kappa shape index (κ1) is 53.1. The van der Waals surface area contributed by atoms with Crippen LogP contribution in [0.2, 0.25) is 10.3 Å². The van der Waals surface area contributed by atoms with Crippen LogP contribution in [0.5, 0.6) is 0 Å². The van der Waals surface area contributed by atoms with Crippen LogP contribution in [0.1, 0.15) is 81.6 Å². The Morgan fingerprint density at radius 1 is 0.644 bits per heavy atom. The molecule has 6 aromatic rings. The maximum Gasteiger partial charge on any atom is 0.339 e. The number of rotatable bonds is 16. The van der Waals surface area contributed by atoms with Crippen molar-refractivity contribution in [3.05, 3.63) is 95.0 Å². The molecular weight excluding hydrogens is 980 g/mol. The van der Waals surface area contributed by atoms with Crippen LogP contribution in [0, 0.1) is 11.8 Å². The van der Waals surface area contributed by atoms with Gasteiger partial charge in [-0.05, 0) is 107 Å². The number of nitrogens with one attached hydrogen (secondary N) is 5. The van der Waals surface area contributed by atoms with E-state index in [0.717, 1.165) is 100 Å². The standard InChI is InChI=1S/C24H28ClN7O3.C23H27ClN6O3.C3H7NO/c25-22-20-15(7-8-26-22)3-6-19(32-20)30-17-4-1-14(2-5-17)9-27-24-28-10-16(11-29-24)21(33)23(34)31-18-12-35-13-18;1-2-33-22(32)20(31)16-12-27-23(28-13-16)26-11-14-3-6-17(7-4-14)29-18-8-5-15-9-10-25-21(24)19(15)30-18;4-3-1-5-2-3/h3,6-8,10-11,14,17-18,21,33H,1-2,4-5,9,12-13H2,(H,30,32)(H,31,34)(H,27,28,29);5,8-10,12-14,17,20,31H,2-4,6-7,11H2,1H3,(H,29,30)(H,26,27,28);3H,1-2,4H2. The van der Waals surface area contributed by atoms with E-state index in [-0.39, 0.29) is 12.6 Å². The van der Waals surface area contributed by atoms with Crippen molar-refractivity contribution in [1.29, 1.82) is 0 Å². The van der Waals surface area contributed by atoms with Gasteiger partial charge in [-0.2, -0.15) is 0 Å². The van der Waals surface area contributed by atoms with E-state index in [1.807, 2.05) is 36.4 Å². The van der Waals surface area contributed by atoms with Crippen LogP contribution in [-0.4, -0.2) is 132 Å². The van der Waals surface area contributed by atoms with Gasteiger partial charge in [-0.15, -0.1) is 0 Å². The highest BCUT2D eigenvalue weighted by Crippen LogP contribution is 2.30. The minimum atomic E-state index is -1.37. The number of anilines is 4. The highest BCUT2D eigenvalue weighted by Gasteiger charge is 2.27. The largest absolute Gasteiger partial charge is 0.464 e. The SMILES string of the molecule is CCOC(=O)C(O)c1cnc(NCC2CCC(Nc3ccc4ccnc(Cl)c4n3)CC2)nc1.NC1COC1.O=C(NC1COC1)C(O)c1cnc(NCC2CCC(Nc3ccc4ccnc(Cl)c4n3)CC2)nc1. The van der Waals surface area contributed by atoms with Crippen LogP contribution in [-0.2, 0) is 23.8 Å². The zero-order chi connectivity index (χ0) is 51.1. The molecule has 4 fully saturated rings. The molecule has 9 N–H and O–H groups in total. The van der Waals surface area contributed by atoms with Gasteiger partial charge in [0.25, 0.3) is 5.91 Å². The molecule has 21 nitrogen and oxygen atoms in total. The molecule has 1 amide bonds. The van der Waals surface area contributed by atoms with Gasteiger partial charge in [0.05, 0.1) is 45.1 Å². The molecule has 2 saturated carbocycles. The monoisotopic (exact) mass is 1040 g/mol. The molecule has 10 rings (SSSR count). The summed E-state index contributed by atoms with van der Waals surface area (Å²) in [7, 11) is 0. The lowest BCUT2D eigenvalue weighted by molar-refractivity contribution is -0.153. The second kappa shape index (κ2) is 26.1. The third-order valence-electron chi connectivity index (χ3n) is 13.0. The number of esters is 1. The molecule has 2 saturated heterocycles. The third-order valence-corrected chi connectivity index (χ3v) is 13.6. The second-order valence-electron chi connectivity index (χ2n) is 18.5. The zero-order valence-corrected chi connectivity index (χ0v) is 42.0. The lowest BCUT2D eigenvalue weighted by Gasteiger charge is -2.29. The molecule has 23 heteroatoms. The number of ether oxygens (including phenoxy) is 3. The van der Waals surface area contributed by atoms with Gasteiger partial charge in [0, 0.05) is 84.3 Å². The van der Waals surface area contributed by atoms with Crippen LogP contribution < -0.4 is 32.3 Å². The molecule has 0 aromatic carbocycles. The van der Waals surface area contributed by atoms with Crippen LogP contribution in [0.15, 0.2) is 73.6 Å². The Morgan fingerprint density at radius 3 is 1.48 bits per heavy atom. The van der Waals surface area contributed by atoms with Crippen LogP contribution in [0.4, 0.5) is 23.5 Å². The van der Waals surface area contributed by atoms with E-state index in [1.165, 1.54) is 24.8 Å². The fourth-order valence-electron chi connectivity index (χ4n) is 8.60. The number of carbonyl (C=O) groups is 2.